The van der Waals surface area contributed by atoms with Gasteiger partial charge in [-0.2, -0.15) is 13.2 Å². The third-order valence-electron chi connectivity index (χ3n) is 8.78. The highest BCUT2D eigenvalue weighted by Crippen LogP contribution is 2.40. The third kappa shape index (κ3) is 14.1. The van der Waals surface area contributed by atoms with E-state index in [9.17, 15) is 18.3 Å². The monoisotopic (exact) mass is 624 g/mol. The molecule has 248 valence electrons. The van der Waals surface area contributed by atoms with E-state index in [-0.39, 0.29) is 13.0 Å². The number of unbranched alkanes of at least 4 members (excludes halogenated alkanes) is 15. The van der Waals surface area contributed by atoms with Crippen LogP contribution in [0.4, 0.5) is 13.2 Å². The van der Waals surface area contributed by atoms with Crippen LogP contribution in [0.2, 0.25) is 0 Å². The predicted octanol–water partition coefficient (Wildman–Crippen LogP) is 11.9. The molecular weight excluding hydrogens is 569 g/mol. The van der Waals surface area contributed by atoms with Crippen molar-refractivity contribution in [3.8, 4) is 0 Å². The smallest absolute Gasteiger partial charge is 0.389 e. The molecule has 0 aromatic heterocycles. The number of benzene rings is 3. The molecule has 0 radical (unpaired) electrons. The van der Waals surface area contributed by atoms with Gasteiger partial charge >= 0.3 is 6.18 Å². The van der Waals surface area contributed by atoms with Crippen LogP contribution in [-0.4, -0.2) is 24.0 Å². The molecule has 0 fully saturated rings. The first-order chi connectivity index (χ1) is 21.9. The second-order valence-corrected chi connectivity index (χ2v) is 12.6. The van der Waals surface area contributed by atoms with Crippen LogP contribution in [0.3, 0.4) is 0 Å². The summed E-state index contributed by atoms with van der Waals surface area (Å²) in [7, 11) is 0. The highest BCUT2D eigenvalue weighted by molar-refractivity contribution is 5.47. The van der Waals surface area contributed by atoms with Crippen molar-refractivity contribution in [3.05, 3.63) is 108 Å². The zero-order chi connectivity index (χ0) is 32.1. The molecule has 45 heavy (non-hydrogen) atoms. The zero-order valence-corrected chi connectivity index (χ0v) is 27.2. The fourth-order valence-electron chi connectivity index (χ4n) is 6.25. The van der Waals surface area contributed by atoms with Gasteiger partial charge in [-0.25, -0.2) is 0 Å². The number of aliphatic hydroxyl groups is 1. The van der Waals surface area contributed by atoms with Gasteiger partial charge in [0.15, 0.2) is 0 Å². The van der Waals surface area contributed by atoms with Gasteiger partial charge in [0, 0.05) is 6.42 Å². The topological polar surface area (TPSA) is 29.5 Å². The van der Waals surface area contributed by atoms with E-state index in [0.717, 1.165) is 55.2 Å². The first-order valence-corrected chi connectivity index (χ1v) is 17.5. The number of alkyl halides is 3. The molecule has 0 spiro atoms. The molecule has 1 atom stereocenters. The molecular formula is C40H55F3O2. The van der Waals surface area contributed by atoms with Gasteiger partial charge in [0.2, 0.25) is 0 Å². The van der Waals surface area contributed by atoms with Crippen molar-refractivity contribution in [2.45, 2.75) is 133 Å². The van der Waals surface area contributed by atoms with Gasteiger partial charge in [0.25, 0.3) is 0 Å². The van der Waals surface area contributed by atoms with E-state index in [4.69, 9.17) is 4.74 Å². The van der Waals surface area contributed by atoms with E-state index in [0.29, 0.717) is 6.42 Å². The maximum absolute atomic E-state index is 12.1. The lowest BCUT2D eigenvalue weighted by Crippen LogP contribution is -2.35. The molecule has 1 N–H and O–H groups in total. The summed E-state index contributed by atoms with van der Waals surface area (Å²) in [5, 5.41) is 10.9. The minimum atomic E-state index is -4.00. The average Bonchev–Trinajstić information content (AvgIpc) is 3.05. The summed E-state index contributed by atoms with van der Waals surface area (Å²) in [5.74, 6) is 0. The number of ether oxygens (including phenoxy) is 1. The fraction of sp³-hybridized carbons (Fsp3) is 0.550. The molecule has 3 aromatic rings. The molecule has 5 heteroatoms. The van der Waals surface area contributed by atoms with Gasteiger partial charge in [0.05, 0.1) is 12.7 Å². The SMILES string of the molecule is O[C@H](CCCCCCCCCCCCCCCCCCC(F)(F)F)COC(c1ccccc1)(c1ccccc1)c1ccccc1. The van der Waals surface area contributed by atoms with Crippen LogP contribution < -0.4 is 0 Å². The molecule has 0 saturated carbocycles. The summed E-state index contributed by atoms with van der Waals surface area (Å²) >= 11 is 0. The molecule has 3 aromatic carbocycles. The Hall–Kier alpha value is -2.63. The van der Waals surface area contributed by atoms with Crippen LogP contribution in [0.5, 0.6) is 0 Å². The Labute approximate surface area is 270 Å². The Morgan fingerprint density at radius 1 is 0.467 bits per heavy atom. The number of halogens is 3. The third-order valence-corrected chi connectivity index (χ3v) is 8.78. The maximum atomic E-state index is 12.1. The van der Waals surface area contributed by atoms with Gasteiger partial charge in [-0.15, -0.1) is 0 Å². The van der Waals surface area contributed by atoms with E-state index < -0.39 is 24.3 Å². The lowest BCUT2D eigenvalue weighted by Gasteiger charge is -2.36. The Morgan fingerprint density at radius 3 is 1.11 bits per heavy atom. The van der Waals surface area contributed by atoms with Crippen LogP contribution in [-0.2, 0) is 10.3 Å². The molecule has 3 rings (SSSR count). The molecule has 0 aliphatic rings. The number of hydrogen-bond donors (Lipinski definition) is 1. The minimum Gasteiger partial charge on any atom is -0.391 e. The molecule has 0 saturated heterocycles. The quantitative estimate of drug-likeness (QED) is 0.0794. The Balaban J connectivity index is 1.26. The van der Waals surface area contributed by atoms with Crippen LogP contribution in [0.15, 0.2) is 91.0 Å². The summed E-state index contributed by atoms with van der Waals surface area (Å²) < 4.78 is 43.2. The number of hydrogen-bond acceptors (Lipinski definition) is 2. The van der Waals surface area contributed by atoms with E-state index >= 15 is 0 Å². The van der Waals surface area contributed by atoms with E-state index in [2.05, 4.69) is 36.4 Å². The van der Waals surface area contributed by atoms with Crippen molar-refractivity contribution in [2.75, 3.05) is 6.61 Å². The summed E-state index contributed by atoms with van der Waals surface area (Å²) in [4.78, 5) is 0. The van der Waals surface area contributed by atoms with Crippen molar-refractivity contribution in [1.82, 2.24) is 0 Å². The van der Waals surface area contributed by atoms with Gasteiger partial charge in [0.1, 0.15) is 5.60 Å². The Bertz CT molecular complexity index is 1020. The molecule has 0 amide bonds. The summed E-state index contributed by atoms with van der Waals surface area (Å²) in [6.07, 6.45) is 13.2. The van der Waals surface area contributed by atoms with Crippen LogP contribution >= 0.6 is 0 Å². The van der Waals surface area contributed by atoms with Crippen LogP contribution in [0.1, 0.15) is 132 Å². The molecule has 0 aliphatic heterocycles. The first-order valence-electron chi connectivity index (χ1n) is 17.5. The zero-order valence-electron chi connectivity index (χ0n) is 27.2. The normalized spacial score (nSPS) is 12.8. The van der Waals surface area contributed by atoms with Gasteiger partial charge < -0.3 is 9.84 Å². The molecule has 0 heterocycles. The standard InChI is InChI=1S/C40H55F3O2/c41-39(42,43)33-25-14-12-10-8-6-4-2-1-3-5-7-9-11-13-24-32-38(44)34-45-40(35-26-18-15-19-27-35,36-28-20-16-21-29-36)37-30-22-17-23-31-37/h15-23,26-31,38,44H,1-14,24-25,32-34H2/t38-/m1/s1. The lowest BCUT2D eigenvalue weighted by atomic mass is 9.80. The summed E-state index contributed by atoms with van der Waals surface area (Å²) in [5.41, 5.74) is 2.34. The van der Waals surface area contributed by atoms with Gasteiger partial charge in [-0.3, -0.25) is 0 Å². The van der Waals surface area contributed by atoms with Crippen LogP contribution in [0, 0.1) is 0 Å². The van der Waals surface area contributed by atoms with Crippen molar-refractivity contribution >= 4 is 0 Å². The van der Waals surface area contributed by atoms with Crippen molar-refractivity contribution in [1.29, 1.82) is 0 Å². The number of aliphatic hydroxyl groups excluding tert-OH is 1. The first kappa shape index (κ1) is 36.8. The van der Waals surface area contributed by atoms with E-state index in [1.807, 2.05) is 54.6 Å². The highest BCUT2D eigenvalue weighted by Gasteiger charge is 2.38. The van der Waals surface area contributed by atoms with Crippen molar-refractivity contribution < 1.29 is 23.0 Å². The van der Waals surface area contributed by atoms with E-state index in [1.54, 1.807) is 0 Å². The second kappa shape index (κ2) is 21.2. The lowest BCUT2D eigenvalue weighted by molar-refractivity contribution is -0.135. The average molecular weight is 625 g/mol. The van der Waals surface area contributed by atoms with Crippen molar-refractivity contribution in [2.24, 2.45) is 0 Å². The molecule has 2 nitrogen and oxygen atoms in total. The Morgan fingerprint density at radius 2 is 0.778 bits per heavy atom. The number of rotatable bonds is 24. The largest absolute Gasteiger partial charge is 0.391 e. The van der Waals surface area contributed by atoms with Crippen LogP contribution in [0.25, 0.3) is 0 Å². The van der Waals surface area contributed by atoms with E-state index in [1.165, 1.54) is 57.8 Å². The second-order valence-electron chi connectivity index (χ2n) is 12.6. The Kier molecular flexibility index (Phi) is 17.4. The maximum Gasteiger partial charge on any atom is 0.389 e. The molecule has 0 aliphatic carbocycles. The molecule has 0 unspecified atom stereocenters. The van der Waals surface area contributed by atoms with Crippen molar-refractivity contribution in [3.63, 3.8) is 0 Å². The minimum absolute atomic E-state index is 0.265. The van der Waals surface area contributed by atoms with Gasteiger partial charge in [-0.1, -0.05) is 187 Å². The summed E-state index contributed by atoms with van der Waals surface area (Å²) in [6.45, 7) is 0.265. The predicted molar refractivity (Wildman–Crippen MR) is 180 cm³/mol. The highest BCUT2D eigenvalue weighted by atomic mass is 19.4. The van der Waals surface area contributed by atoms with Gasteiger partial charge in [-0.05, 0) is 29.5 Å². The summed E-state index contributed by atoms with van der Waals surface area (Å²) in [6, 6.07) is 30.9. The molecule has 0 bridgehead atoms. The fourth-order valence-corrected chi connectivity index (χ4v) is 6.25.